The zero-order valence-electron chi connectivity index (χ0n) is 24.2. The summed E-state index contributed by atoms with van der Waals surface area (Å²) in [6.45, 7) is 0.667. The van der Waals surface area contributed by atoms with Gasteiger partial charge in [-0.3, -0.25) is 4.79 Å². The number of methoxy groups -OCH3 is 2. The number of fused-ring (bicyclic) bond motifs is 1. The molecule has 0 bridgehead atoms. The van der Waals surface area contributed by atoms with Crippen molar-refractivity contribution in [2.75, 3.05) is 28.3 Å². The first-order valence-electron chi connectivity index (χ1n) is 13.9. The van der Waals surface area contributed by atoms with Crippen LogP contribution in [0.2, 0.25) is 0 Å². The van der Waals surface area contributed by atoms with E-state index in [-0.39, 0.29) is 17.9 Å². The molecule has 1 atom stereocenters. The van der Waals surface area contributed by atoms with E-state index in [0.29, 0.717) is 23.6 Å². The smallest absolute Gasteiger partial charge is 0.326 e. The zero-order chi connectivity index (χ0) is 30.0. The molecule has 1 amide bonds. The Kier molecular flexibility index (Phi) is 8.45. The Morgan fingerprint density at radius 2 is 1.67 bits per heavy atom. The first kappa shape index (κ1) is 29.1. The van der Waals surface area contributed by atoms with Crippen molar-refractivity contribution in [1.29, 1.82) is 0 Å². The molecule has 0 unspecified atom stereocenters. The second-order valence-electron chi connectivity index (χ2n) is 10.9. The number of carboxylic acid groups (broad SMARTS) is 1. The zero-order valence-corrected chi connectivity index (χ0v) is 24.2. The van der Waals surface area contributed by atoms with Gasteiger partial charge in [-0.1, -0.05) is 54.6 Å². The number of benzene rings is 4. The van der Waals surface area contributed by atoms with Crippen LogP contribution in [0.4, 0.5) is 4.39 Å². The first-order chi connectivity index (χ1) is 20.2. The Bertz CT molecular complexity index is 1650. The molecule has 0 aromatic heterocycles. The summed E-state index contributed by atoms with van der Waals surface area (Å²) >= 11 is 0. The van der Waals surface area contributed by atoms with Crippen LogP contribution in [0.5, 0.6) is 11.5 Å². The predicted molar refractivity (Wildman–Crippen MR) is 161 cm³/mol. The highest BCUT2D eigenvalue weighted by atomic mass is 19.1. The molecule has 0 saturated heterocycles. The van der Waals surface area contributed by atoms with Crippen LogP contribution in [-0.2, 0) is 17.8 Å². The van der Waals surface area contributed by atoms with Crippen molar-refractivity contribution in [2.45, 2.75) is 37.8 Å². The van der Waals surface area contributed by atoms with Crippen LogP contribution in [0.15, 0.2) is 66.7 Å². The highest BCUT2D eigenvalue weighted by molar-refractivity contribution is 6.02. The minimum atomic E-state index is -1.26. The van der Waals surface area contributed by atoms with E-state index in [2.05, 4.69) is 10.2 Å². The quantitative estimate of drug-likeness (QED) is 0.229. The van der Waals surface area contributed by atoms with Gasteiger partial charge in [-0.25, -0.2) is 9.18 Å². The fourth-order valence-electron chi connectivity index (χ4n) is 5.67. The Balaban J connectivity index is 1.54. The third kappa shape index (κ3) is 5.81. The van der Waals surface area contributed by atoms with Crippen LogP contribution in [0, 0.1) is 5.82 Å². The lowest BCUT2D eigenvalue weighted by Crippen LogP contribution is -2.43. The summed E-state index contributed by atoms with van der Waals surface area (Å²) in [5, 5.41) is 14.4. The number of nitrogens with zero attached hydrogens (tertiary/aromatic N) is 1. The number of rotatable bonds is 11. The standard InChI is InChI=1S/C34H35FN2O5/c1-37(2)19-22-16-17-29(41-3)31(32(22)42-4)26-12-6-9-23-21(8-5-11-25(23)26)18-28(34(39)40)36-33(38)30-24(20-14-15-20)10-7-13-27(30)35/h5-13,16-17,20,28H,14-15,18-19H2,1-4H3,(H,36,38)(H,39,40)/t28-/m0/s1. The fourth-order valence-corrected chi connectivity index (χ4v) is 5.67. The molecule has 42 heavy (non-hydrogen) atoms. The molecule has 2 N–H and O–H groups in total. The van der Waals surface area contributed by atoms with Crippen LogP contribution < -0.4 is 14.8 Å². The number of carbonyl (C=O) groups excluding carboxylic acids is 1. The molecular weight excluding hydrogens is 535 g/mol. The molecule has 8 heteroatoms. The molecule has 7 nitrogen and oxygen atoms in total. The highest BCUT2D eigenvalue weighted by Gasteiger charge is 2.32. The average Bonchev–Trinajstić information content (AvgIpc) is 3.81. The number of amides is 1. The lowest BCUT2D eigenvalue weighted by Gasteiger charge is -2.21. The van der Waals surface area contributed by atoms with Crippen molar-refractivity contribution < 1.29 is 28.6 Å². The molecule has 5 rings (SSSR count). The molecule has 0 radical (unpaired) electrons. The molecule has 0 aliphatic heterocycles. The van der Waals surface area contributed by atoms with Gasteiger partial charge in [0.15, 0.2) is 0 Å². The van der Waals surface area contributed by atoms with Gasteiger partial charge in [-0.2, -0.15) is 0 Å². The van der Waals surface area contributed by atoms with E-state index in [1.54, 1.807) is 26.4 Å². The van der Waals surface area contributed by atoms with Gasteiger partial charge in [0, 0.05) is 18.5 Å². The number of ether oxygens (including phenoxy) is 2. The first-order valence-corrected chi connectivity index (χ1v) is 13.9. The van der Waals surface area contributed by atoms with E-state index >= 15 is 0 Å². The maximum absolute atomic E-state index is 14.8. The summed E-state index contributed by atoms with van der Waals surface area (Å²) in [4.78, 5) is 27.6. The average molecular weight is 571 g/mol. The van der Waals surface area contributed by atoms with Crippen LogP contribution >= 0.6 is 0 Å². The molecule has 1 fully saturated rings. The molecule has 4 aromatic carbocycles. The van der Waals surface area contributed by atoms with E-state index in [9.17, 15) is 19.1 Å². The van der Waals surface area contributed by atoms with Crippen molar-refractivity contribution in [3.05, 3.63) is 94.8 Å². The van der Waals surface area contributed by atoms with Crippen molar-refractivity contribution in [3.8, 4) is 22.6 Å². The van der Waals surface area contributed by atoms with E-state index in [4.69, 9.17) is 9.47 Å². The summed E-state index contributed by atoms with van der Waals surface area (Å²) in [6.07, 6.45) is 1.79. The summed E-state index contributed by atoms with van der Waals surface area (Å²) < 4.78 is 26.4. The Hall–Kier alpha value is -4.43. The van der Waals surface area contributed by atoms with Gasteiger partial charge in [-0.15, -0.1) is 0 Å². The normalized spacial score (nSPS) is 13.7. The highest BCUT2D eigenvalue weighted by Crippen LogP contribution is 2.44. The molecule has 0 spiro atoms. The van der Waals surface area contributed by atoms with E-state index < -0.39 is 23.7 Å². The van der Waals surface area contributed by atoms with Gasteiger partial charge < -0.3 is 24.8 Å². The Morgan fingerprint density at radius 3 is 2.33 bits per heavy atom. The van der Waals surface area contributed by atoms with Gasteiger partial charge in [0.25, 0.3) is 5.91 Å². The maximum atomic E-state index is 14.8. The second-order valence-corrected chi connectivity index (χ2v) is 10.9. The van der Waals surface area contributed by atoms with Gasteiger partial charge in [0.2, 0.25) is 0 Å². The van der Waals surface area contributed by atoms with Crippen LogP contribution in [0.25, 0.3) is 21.9 Å². The maximum Gasteiger partial charge on any atom is 0.326 e. The second kappa shape index (κ2) is 12.2. The van der Waals surface area contributed by atoms with Gasteiger partial charge in [0.05, 0.1) is 25.3 Å². The van der Waals surface area contributed by atoms with Crippen molar-refractivity contribution >= 4 is 22.6 Å². The summed E-state index contributed by atoms with van der Waals surface area (Å²) in [5.41, 5.74) is 3.98. The third-order valence-electron chi connectivity index (χ3n) is 7.71. The van der Waals surface area contributed by atoms with E-state index in [1.165, 1.54) is 6.07 Å². The van der Waals surface area contributed by atoms with Crippen molar-refractivity contribution in [1.82, 2.24) is 10.2 Å². The van der Waals surface area contributed by atoms with Crippen LogP contribution in [0.3, 0.4) is 0 Å². The molecule has 1 aliphatic rings. The number of carboxylic acids is 1. The summed E-state index contributed by atoms with van der Waals surface area (Å²) in [6, 6.07) is 18.7. The molecule has 1 aliphatic carbocycles. The molecule has 0 heterocycles. The third-order valence-corrected chi connectivity index (χ3v) is 7.71. The summed E-state index contributed by atoms with van der Waals surface area (Å²) in [5.74, 6) is -1.06. The molecule has 1 saturated carbocycles. The minimum absolute atomic E-state index is 0.0179. The van der Waals surface area contributed by atoms with Crippen LogP contribution in [0.1, 0.15) is 45.8 Å². The largest absolute Gasteiger partial charge is 0.496 e. The van der Waals surface area contributed by atoms with Gasteiger partial charge in [-0.05, 0) is 72.5 Å². The Morgan fingerprint density at radius 1 is 0.952 bits per heavy atom. The number of hydrogen-bond donors (Lipinski definition) is 2. The van der Waals surface area contributed by atoms with Crippen molar-refractivity contribution in [3.63, 3.8) is 0 Å². The van der Waals surface area contributed by atoms with E-state index in [0.717, 1.165) is 45.9 Å². The lowest BCUT2D eigenvalue weighted by molar-refractivity contribution is -0.139. The number of aliphatic carboxylic acids is 1. The van der Waals surface area contributed by atoms with Crippen molar-refractivity contribution in [2.24, 2.45) is 0 Å². The SMILES string of the molecule is COc1ccc(CN(C)C)c(OC)c1-c1cccc2c(C[C@H](NC(=O)c3c(F)cccc3C3CC3)C(=O)O)cccc12. The minimum Gasteiger partial charge on any atom is -0.496 e. The number of halogens is 1. The van der Waals surface area contributed by atoms with Crippen LogP contribution in [-0.4, -0.2) is 56.2 Å². The van der Waals surface area contributed by atoms with Gasteiger partial charge in [0.1, 0.15) is 23.4 Å². The topological polar surface area (TPSA) is 88.1 Å². The monoisotopic (exact) mass is 570 g/mol. The lowest BCUT2D eigenvalue weighted by atomic mass is 9.91. The fraction of sp³-hybridized carbons (Fsp3) is 0.294. The predicted octanol–water partition coefficient (Wildman–Crippen LogP) is 6.03. The molecule has 4 aromatic rings. The molecule has 218 valence electrons. The number of carbonyl (C=O) groups is 2. The Labute approximate surface area is 244 Å². The summed E-state index contributed by atoms with van der Waals surface area (Å²) in [7, 11) is 7.23. The number of nitrogens with one attached hydrogen (secondary N) is 1. The number of hydrogen-bond acceptors (Lipinski definition) is 5. The van der Waals surface area contributed by atoms with E-state index in [1.807, 2.05) is 62.6 Å². The van der Waals surface area contributed by atoms with Gasteiger partial charge >= 0.3 is 5.97 Å². The molecular formula is C34H35FN2O5.